The first-order valence-electron chi connectivity index (χ1n) is 10.4. The Morgan fingerprint density at radius 3 is 2.52 bits per heavy atom. The van der Waals surface area contributed by atoms with E-state index in [4.69, 9.17) is 10.5 Å². The van der Waals surface area contributed by atoms with Crippen molar-refractivity contribution in [3.05, 3.63) is 35.4 Å². The van der Waals surface area contributed by atoms with Gasteiger partial charge in [-0.05, 0) is 37.3 Å². The molecule has 0 spiro atoms. The minimum Gasteiger partial charge on any atom is -0.450 e. The molecule has 1 aromatic carbocycles. The zero-order valence-electron chi connectivity index (χ0n) is 17.1. The van der Waals surface area contributed by atoms with Crippen LogP contribution in [0.15, 0.2) is 29.3 Å². The summed E-state index contributed by atoms with van der Waals surface area (Å²) >= 11 is 0. The van der Waals surface area contributed by atoms with Gasteiger partial charge in [0.2, 0.25) is 5.91 Å². The molecule has 0 saturated carbocycles. The number of nitrogens with one attached hydrogen (secondary N) is 1. The summed E-state index contributed by atoms with van der Waals surface area (Å²) in [5, 5.41) is 3.25. The molecule has 0 aliphatic carbocycles. The smallest absolute Gasteiger partial charge is 0.409 e. The lowest BCUT2D eigenvalue weighted by Crippen LogP contribution is -2.48. The van der Waals surface area contributed by atoms with Crippen molar-refractivity contribution in [1.29, 1.82) is 0 Å². The predicted molar refractivity (Wildman–Crippen MR) is 111 cm³/mol. The van der Waals surface area contributed by atoms with Crippen molar-refractivity contribution in [2.45, 2.75) is 51.7 Å². The van der Waals surface area contributed by atoms with Gasteiger partial charge in [0.1, 0.15) is 0 Å². The largest absolute Gasteiger partial charge is 0.450 e. The number of benzene rings is 1. The predicted octanol–water partition coefficient (Wildman–Crippen LogP) is 1.83. The lowest BCUT2D eigenvalue weighted by Gasteiger charge is -2.31. The SMILES string of the molecule is CCOC(=O)N1CCC(NC(N)=NCc2ccc(CN3CCCC3=O)cc2)CC1. The maximum absolute atomic E-state index is 11.7. The molecule has 0 radical (unpaired) electrons. The molecule has 0 aromatic heterocycles. The molecule has 8 nitrogen and oxygen atoms in total. The maximum atomic E-state index is 11.7. The van der Waals surface area contributed by atoms with E-state index in [-0.39, 0.29) is 18.0 Å². The molecule has 29 heavy (non-hydrogen) atoms. The van der Waals surface area contributed by atoms with E-state index in [1.807, 2.05) is 36.1 Å². The highest BCUT2D eigenvalue weighted by atomic mass is 16.6. The number of carbonyl (C=O) groups is 2. The summed E-state index contributed by atoms with van der Waals surface area (Å²) in [5.41, 5.74) is 8.24. The number of carbonyl (C=O) groups excluding carboxylic acids is 2. The van der Waals surface area contributed by atoms with Crippen LogP contribution in [0, 0.1) is 0 Å². The summed E-state index contributed by atoms with van der Waals surface area (Å²) in [6.45, 7) is 5.56. The summed E-state index contributed by atoms with van der Waals surface area (Å²) in [7, 11) is 0. The van der Waals surface area contributed by atoms with E-state index in [2.05, 4.69) is 10.3 Å². The van der Waals surface area contributed by atoms with Crippen molar-refractivity contribution >= 4 is 18.0 Å². The van der Waals surface area contributed by atoms with Crippen LogP contribution >= 0.6 is 0 Å². The molecule has 2 amide bonds. The van der Waals surface area contributed by atoms with Gasteiger partial charge in [-0.2, -0.15) is 0 Å². The zero-order chi connectivity index (χ0) is 20.6. The first-order valence-corrected chi connectivity index (χ1v) is 10.4. The minimum absolute atomic E-state index is 0.213. The van der Waals surface area contributed by atoms with Gasteiger partial charge in [0.15, 0.2) is 5.96 Å². The van der Waals surface area contributed by atoms with Crippen molar-refractivity contribution < 1.29 is 14.3 Å². The van der Waals surface area contributed by atoms with E-state index in [1.165, 1.54) is 0 Å². The van der Waals surface area contributed by atoms with Gasteiger partial charge in [-0.3, -0.25) is 4.79 Å². The molecule has 2 fully saturated rings. The Bertz CT molecular complexity index is 726. The molecule has 2 heterocycles. The molecular weight excluding hydrogens is 370 g/mol. The van der Waals surface area contributed by atoms with Gasteiger partial charge in [-0.25, -0.2) is 9.79 Å². The second-order valence-electron chi connectivity index (χ2n) is 7.54. The first-order chi connectivity index (χ1) is 14.0. The standard InChI is InChI=1S/C21H31N5O3/c1-2-29-21(28)25-12-9-18(10-13-25)24-20(22)23-14-16-5-7-17(8-6-16)15-26-11-3-4-19(26)27/h5-8,18H,2-4,9-15H2,1H3,(H3,22,23,24). The van der Waals surface area contributed by atoms with E-state index in [0.29, 0.717) is 45.2 Å². The second-order valence-corrected chi connectivity index (χ2v) is 7.54. The number of piperidine rings is 1. The van der Waals surface area contributed by atoms with Gasteiger partial charge in [0, 0.05) is 38.6 Å². The first kappa shape index (κ1) is 21.0. The van der Waals surface area contributed by atoms with Crippen molar-refractivity contribution in [2.24, 2.45) is 10.7 Å². The van der Waals surface area contributed by atoms with Crippen molar-refractivity contribution in [2.75, 3.05) is 26.2 Å². The molecule has 158 valence electrons. The summed E-state index contributed by atoms with van der Waals surface area (Å²) < 4.78 is 5.03. The Labute approximate surface area is 172 Å². The highest BCUT2D eigenvalue weighted by molar-refractivity contribution is 5.78. The molecule has 1 aromatic rings. The summed E-state index contributed by atoms with van der Waals surface area (Å²) in [5.74, 6) is 0.664. The Kier molecular flexibility index (Phi) is 7.32. The number of rotatable bonds is 6. The molecule has 3 rings (SSSR count). The van der Waals surface area contributed by atoms with Crippen LogP contribution in [0.1, 0.15) is 43.7 Å². The van der Waals surface area contributed by atoms with Gasteiger partial charge in [0.05, 0.1) is 13.2 Å². The van der Waals surface area contributed by atoms with Crippen LogP contribution < -0.4 is 11.1 Å². The fourth-order valence-corrected chi connectivity index (χ4v) is 3.69. The molecule has 8 heteroatoms. The van der Waals surface area contributed by atoms with Crippen LogP contribution in [0.5, 0.6) is 0 Å². The van der Waals surface area contributed by atoms with Crippen molar-refractivity contribution in [3.63, 3.8) is 0 Å². The summed E-state index contributed by atoms with van der Waals surface area (Å²) in [4.78, 5) is 31.5. The number of guanidine groups is 1. The third kappa shape index (κ3) is 6.10. The molecule has 2 aliphatic rings. The second kappa shape index (κ2) is 10.1. The Balaban J connectivity index is 1.41. The van der Waals surface area contributed by atoms with Crippen LogP contribution in [0.2, 0.25) is 0 Å². The average molecular weight is 402 g/mol. The third-order valence-electron chi connectivity index (χ3n) is 5.37. The highest BCUT2D eigenvalue weighted by Crippen LogP contribution is 2.15. The summed E-state index contributed by atoms with van der Waals surface area (Å²) in [6.07, 6.45) is 3.02. The lowest BCUT2D eigenvalue weighted by atomic mass is 10.1. The Morgan fingerprint density at radius 1 is 1.21 bits per heavy atom. The van der Waals surface area contributed by atoms with Gasteiger partial charge in [0.25, 0.3) is 0 Å². The van der Waals surface area contributed by atoms with E-state index < -0.39 is 0 Å². The summed E-state index contributed by atoms with van der Waals surface area (Å²) in [6, 6.07) is 8.37. The third-order valence-corrected chi connectivity index (χ3v) is 5.37. The number of ether oxygens (including phenoxy) is 1. The van der Waals surface area contributed by atoms with E-state index >= 15 is 0 Å². The number of likely N-dealkylation sites (tertiary alicyclic amines) is 2. The molecule has 3 N–H and O–H groups in total. The maximum Gasteiger partial charge on any atom is 0.409 e. The molecule has 0 atom stereocenters. The number of hydrogen-bond acceptors (Lipinski definition) is 4. The molecule has 0 bridgehead atoms. The highest BCUT2D eigenvalue weighted by Gasteiger charge is 2.23. The molecule has 2 saturated heterocycles. The average Bonchev–Trinajstić information content (AvgIpc) is 3.12. The minimum atomic E-state index is -0.245. The molecule has 2 aliphatic heterocycles. The van der Waals surface area contributed by atoms with Crippen molar-refractivity contribution in [3.8, 4) is 0 Å². The fourth-order valence-electron chi connectivity index (χ4n) is 3.69. The van der Waals surface area contributed by atoms with E-state index in [1.54, 1.807) is 4.90 Å². The van der Waals surface area contributed by atoms with Crippen LogP contribution in [-0.4, -0.2) is 60.0 Å². The zero-order valence-corrected chi connectivity index (χ0v) is 17.1. The Morgan fingerprint density at radius 2 is 1.90 bits per heavy atom. The van der Waals surface area contributed by atoms with Gasteiger partial charge >= 0.3 is 6.09 Å². The van der Waals surface area contributed by atoms with Crippen molar-refractivity contribution in [1.82, 2.24) is 15.1 Å². The van der Waals surface area contributed by atoms with E-state index in [9.17, 15) is 9.59 Å². The fraction of sp³-hybridized carbons (Fsp3) is 0.571. The van der Waals surface area contributed by atoms with Crippen LogP contribution in [0.4, 0.5) is 4.79 Å². The normalized spacial score (nSPS) is 18.2. The van der Waals surface area contributed by atoms with E-state index in [0.717, 1.165) is 36.9 Å². The number of nitrogens with zero attached hydrogens (tertiary/aromatic N) is 3. The lowest BCUT2D eigenvalue weighted by molar-refractivity contribution is -0.128. The number of aliphatic imine (C=N–C) groups is 1. The van der Waals surface area contributed by atoms with Gasteiger partial charge < -0.3 is 25.6 Å². The monoisotopic (exact) mass is 401 g/mol. The van der Waals surface area contributed by atoms with Crippen LogP contribution in [-0.2, 0) is 22.6 Å². The number of hydrogen-bond donors (Lipinski definition) is 2. The van der Waals surface area contributed by atoms with Crippen LogP contribution in [0.25, 0.3) is 0 Å². The molecule has 0 unspecified atom stereocenters. The Hall–Kier alpha value is -2.77. The topological polar surface area (TPSA) is 100 Å². The number of nitrogens with two attached hydrogens (primary N) is 1. The van der Waals surface area contributed by atoms with Gasteiger partial charge in [-0.15, -0.1) is 0 Å². The van der Waals surface area contributed by atoms with Gasteiger partial charge in [-0.1, -0.05) is 24.3 Å². The molecular formula is C21H31N5O3. The number of amides is 2. The van der Waals surface area contributed by atoms with Crippen LogP contribution in [0.3, 0.4) is 0 Å². The quantitative estimate of drug-likeness (QED) is 0.560.